The molecule has 0 fully saturated rings. The van der Waals surface area contributed by atoms with E-state index >= 15 is 0 Å². The number of H-pyrrole nitrogens is 2. The molecule has 1 atom stereocenters. The van der Waals surface area contributed by atoms with Gasteiger partial charge in [0.05, 0.1) is 0 Å². The lowest BCUT2D eigenvalue weighted by Gasteiger charge is -2.11. The van der Waals surface area contributed by atoms with Crippen molar-refractivity contribution in [3.05, 3.63) is 45.7 Å². The topological polar surface area (TPSA) is 44.5 Å². The van der Waals surface area contributed by atoms with Crippen LogP contribution in [0.2, 0.25) is 0 Å². The summed E-state index contributed by atoms with van der Waals surface area (Å²) in [6.07, 6.45) is 0.748. The Hall–Kier alpha value is -1.49. The fourth-order valence-electron chi connectivity index (χ4n) is 1.78. The number of nitrogens with one attached hydrogen (secondary N) is 2. The van der Waals surface area contributed by atoms with Crippen LogP contribution >= 0.6 is 12.2 Å². The van der Waals surface area contributed by atoms with Crippen LogP contribution in [0.15, 0.2) is 18.2 Å². The summed E-state index contributed by atoms with van der Waals surface area (Å²) in [6.45, 7) is 3.85. The average Bonchev–Trinajstić information content (AvgIpc) is 2.68. The third-order valence-electron chi connectivity index (χ3n) is 2.80. The summed E-state index contributed by atoms with van der Waals surface area (Å²) in [7, 11) is 0. The molecule has 0 bridgehead atoms. The van der Waals surface area contributed by atoms with E-state index in [1.165, 1.54) is 6.07 Å². The van der Waals surface area contributed by atoms with Crippen LogP contribution in [-0.2, 0) is 6.42 Å². The Morgan fingerprint density at radius 2 is 2.18 bits per heavy atom. The maximum Gasteiger partial charge on any atom is 0.213 e. The zero-order valence-corrected chi connectivity index (χ0v) is 10.6. The second-order valence-corrected chi connectivity index (χ2v) is 4.61. The van der Waals surface area contributed by atoms with Gasteiger partial charge >= 0.3 is 0 Å². The van der Waals surface area contributed by atoms with Gasteiger partial charge in [-0.25, -0.2) is 9.37 Å². The lowest BCUT2D eigenvalue weighted by molar-refractivity contribution is 0.615. The van der Waals surface area contributed by atoms with Crippen molar-refractivity contribution in [1.82, 2.24) is 15.2 Å². The standard InChI is InChI=1S/C12H14FN3S/c1-7(6-11-14-12(17)16-15-11)9-3-4-10(13)8(2)5-9/h3-5,7H,6H2,1-2H3,(H2,14,15,16,17). The molecule has 1 heterocycles. The molecular formula is C12H14FN3S. The first-order chi connectivity index (χ1) is 8.06. The minimum atomic E-state index is -0.167. The molecule has 17 heavy (non-hydrogen) atoms. The maximum absolute atomic E-state index is 13.2. The number of benzene rings is 1. The predicted molar refractivity (Wildman–Crippen MR) is 67.0 cm³/mol. The van der Waals surface area contributed by atoms with Crippen molar-refractivity contribution in [3.63, 3.8) is 0 Å². The molecule has 1 aromatic heterocycles. The first-order valence-corrected chi connectivity index (χ1v) is 5.86. The third kappa shape index (κ3) is 2.79. The molecule has 0 aliphatic heterocycles. The molecule has 2 aromatic rings. The lowest BCUT2D eigenvalue weighted by Crippen LogP contribution is -2.01. The molecule has 90 valence electrons. The highest BCUT2D eigenvalue weighted by atomic mass is 32.1. The Labute approximate surface area is 104 Å². The molecule has 0 spiro atoms. The molecule has 3 nitrogen and oxygen atoms in total. The summed E-state index contributed by atoms with van der Waals surface area (Å²) < 4.78 is 13.6. The van der Waals surface area contributed by atoms with E-state index in [-0.39, 0.29) is 11.7 Å². The van der Waals surface area contributed by atoms with Gasteiger partial charge in [-0.15, -0.1) is 0 Å². The first-order valence-electron chi connectivity index (χ1n) is 5.46. The Balaban J connectivity index is 2.16. The van der Waals surface area contributed by atoms with Crippen molar-refractivity contribution >= 4 is 12.2 Å². The molecule has 0 saturated carbocycles. The van der Waals surface area contributed by atoms with Crippen molar-refractivity contribution in [1.29, 1.82) is 0 Å². The van der Waals surface area contributed by atoms with Crippen LogP contribution in [0.3, 0.4) is 0 Å². The van der Waals surface area contributed by atoms with Gasteiger partial charge in [-0.2, -0.15) is 0 Å². The molecule has 0 radical (unpaired) electrons. The SMILES string of the molecule is Cc1cc(C(C)Cc2nc(=S)[nH][nH]2)ccc1F. The second-order valence-electron chi connectivity index (χ2n) is 4.23. The van der Waals surface area contributed by atoms with Crippen LogP contribution in [-0.4, -0.2) is 15.2 Å². The number of nitrogens with zero attached hydrogens (tertiary/aromatic N) is 1. The van der Waals surface area contributed by atoms with Gasteiger partial charge in [0, 0.05) is 6.42 Å². The van der Waals surface area contributed by atoms with E-state index in [1.807, 2.05) is 12.1 Å². The Morgan fingerprint density at radius 1 is 1.41 bits per heavy atom. The fourth-order valence-corrected chi connectivity index (χ4v) is 1.94. The number of halogens is 1. The van der Waals surface area contributed by atoms with E-state index in [0.717, 1.165) is 17.8 Å². The van der Waals surface area contributed by atoms with Gasteiger partial charge in [-0.3, -0.25) is 10.2 Å². The Bertz CT molecular complexity index is 573. The monoisotopic (exact) mass is 251 g/mol. The Morgan fingerprint density at radius 3 is 2.76 bits per heavy atom. The molecule has 0 saturated heterocycles. The molecule has 0 aliphatic rings. The van der Waals surface area contributed by atoms with Crippen molar-refractivity contribution in [2.24, 2.45) is 0 Å². The minimum Gasteiger partial charge on any atom is -0.286 e. The molecule has 2 rings (SSSR count). The molecular weight excluding hydrogens is 237 g/mol. The highest BCUT2D eigenvalue weighted by Gasteiger charge is 2.10. The van der Waals surface area contributed by atoms with Gasteiger partial charge in [0.25, 0.3) is 0 Å². The maximum atomic E-state index is 13.2. The van der Waals surface area contributed by atoms with Crippen molar-refractivity contribution in [3.8, 4) is 0 Å². The number of rotatable bonds is 3. The summed E-state index contributed by atoms with van der Waals surface area (Å²) in [4.78, 5) is 4.15. The normalized spacial score (nSPS) is 12.6. The number of aromatic amines is 2. The van der Waals surface area contributed by atoms with E-state index in [9.17, 15) is 4.39 Å². The van der Waals surface area contributed by atoms with E-state index in [1.54, 1.807) is 6.92 Å². The molecule has 0 aliphatic carbocycles. The fraction of sp³-hybridized carbons (Fsp3) is 0.333. The number of aromatic nitrogens is 3. The third-order valence-corrected chi connectivity index (χ3v) is 2.99. The number of hydrogen-bond acceptors (Lipinski definition) is 2. The van der Waals surface area contributed by atoms with E-state index in [4.69, 9.17) is 12.2 Å². The van der Waals surface area contributed by atoms with Gasteiger partial charge in [0.2, 0.25) is 4.77 Å². The van der Waals surface area contributed by atoms with Crippen LogP contribution in [0.4, 0.5) is 4.39 Å². The van der Waals surface area contributed by atoms with Crippen LogP contribution in [0.25, 0.3) is 0 Å². The van der Waals surface area contributed by atoms with Gasteiger partial charge < -0.3 is 0 Å². The highest BCUT2D eigenvalue weighted by Crippen LogP contribution is 2.21. The molecule has 5 heteroatoms. The first kappa shape index (κ1) is 12.0. The van der Waals surface area contributed by atoms with Crippen LogP contribution in [0.5, 0.6) is 0 Å². The van der Waals surface area contributed by atoms with Crippen molar-refractivity contribution in [2.75, 3.05) is 0 Å². The van der Waals surface area contributed by atoms with Crippen LogP contribution in [0.1, 0.15) is 29.8 Å². The van der Waals surface area contributed by atoms with Crippen LogP contribution in [0, 0.1) is 17.5 Å². The predicted octanol–water partition coefficient (Wildman–Crippen LogP) is 3.26. The van der Waals surface area contributed by atoms with E-state index in [0.29, 0.717) is 10.3 Å². The van der Waals surface area contributed by atoms with Crippen molar-refractivity contribution < 1.29 is 4.39 Å². The summed E-state index contributed by atoms with van der Waals surface area (Å²) in [5.41, 5.74) is 1.77. The summed E-state index contributed by atoms with van der Waals surface area (Å²) in [6, 6.07) is 5.20. The van der Waals surface area contributed by atoms with Gasteiger partial charge in [0.15, 0.2) is 0 Å². The molecule has 2 N–H and O–H groups in total. The molecule has 1 aromatic carbocycles. The summed E-state index contributed by atoms with van der Waals surface area (Å²) in [5, 5.41) is 5.68. The zero-order chi connectivity index (χ0) is 12.4. The van der Waals surface area contributed by atoms with E-state index in [2.05, 4.69) is 22.1 Å². The van der Waals surface area contributed by atoms with Gasteiger partial charge in [-0.1, -0.05) is 19.1 Å². The summed E-state index contributed by atoms with van der Waals surface area (Å²) >= 11 is 4.89. The number of hydrogen-bond donors (Lipinski definition) is 2. The van der Waals surface area contributed by atoms with Gasteiger partial charge in [-0.05, 0) is 42.3 Å². The highest BCUT2D eigenvalue weighted by molar-refractivity contribution is 7.71. The second kappa shape index (κ2) is 4.79. The molecule has 0 amide bonds. The lowest BCUT2D eigenvalue weighted by atomic mass is 9.96. The summed E-state index contributed by atoms with van der Waals surface area (Å²) in [5.74, 6) is 0.924. The number of aryl methyl sites for hydroxylation is 1. The van der Waals surface area contributed by atoms with Crippen molar-refractivity contribution in [2.45, 2.75) is 26.2 Å². The van der Waals surface area contributed by atoms with Gasteiger partial charge in [0.1, 0.15) is 11.6 Å². The zero-order valence-electron chi connectivity index (χ0n) is 9.75. The minimum absolute atomic E-state index is 0.167. The van der Waals surface area contributed by atoms with Crippen LogP contribution < -0.4 is 0 Å². The average molecular weight is 251 g/mol. The largest absolute Gasteiger partial charge is 0.286 e. The molecule has 1 unspecified atom stereocenters. The van der Waals surface area contributed by atoms with E-state index < -0.39 is 0 Å². The quantitative estimate of drug-likeness (QED) is 0.822. The Kier molecular flexibility index (Phi) is 3.38. The smallest absolute Gasteiger partial charge is 0.213 e.